The van der Waals surface area contributed by atoms with Crippen molar-refractivity contribution in [2.24, 2.45) is 0 Å². The maximum Gasteiger partial charge on any atom is 0.146 e. The van der Waals surface area contributed by atoms with Crippen LogP contribution in [-0.4, -0.2) is 29.2 Å². The highest BCUT2D eigenvalue weighted by Crippen LogP contribution is 2.28. The molecule has 0 heterocycles. The van der Waals surface area contributed by atoms with Crippen molar-refractivity contribution in [3.8, 4) is 0 Å². The van der Waals surface area contributed by atoms with E-state index in [1.807, 2.05) is 6.07 Å². The second-order valence-corrected chi connectivity index (χ2v) is 4.28. The molecule has 0 aromatic heterocycles. The summed E-state index contributed by atoms with van der Waals surface area (Å²) in [6.45, 7) is 1.48. The Balaban J connectivity index is 2.03. The van der Waals surface area contributed by atoms with E-state index in [1.165, 1.54) is 18.9 Å². The predicted molar refractivity (Wildman–Crippen MR) is 61.3 cm³/mol. The maximum absolute atomic E-state index is 13.2. The summed E-state index contributed by atoms with van der Waals surface area (Å²) in [5, 5.41) is 8.95. The summed E-state index contributed by atoms with van der Waals surface area (Å²) in [7, 11) is 0. The SMILES string of the molecule is Nc1ccc(CN(CCO)C2CC2)cc1F. The highest BCUT2D eigenvalue weighted by Gasteiger charge is 2.28. The first-order valence-corrected chi connectivity index (χ1v) is 5.59. The molecule has 3 N–H and O–H groups in total. The summed E-state index contributed by atoms with van der Waals surface area (Å²) in [6.07, 6.45) is 2.36. The van der Waals surface area contributed by atoms with E-state index in [4.69, 9.17) is 10.8 Å². The quantitative estimate of drug-likeness (QED) is 0.743. The number of hydrogen-bond acceptors (Lipinski definition) is 3. The molecule has 0 amide bonds. The summed E-state index contributed by atoms with van der Waals surface area (Å²) in [6, 6.07) is 5.47. The lowest BCUT2D eigenvalue weighted by Gasteiger charge is -2.20. The van der Waals surface area contributed by atoms with Crippen LogP contribution in [0.1, 0.15) is 18.4 Å². The molecule has 0 spiro atoms. The molecule has 1 fully saturated rings. The Hall–Kier alpha value is -1.13. The van der Waals surface area contributed by atoms with Gasteiger partial charge in [0.05, 0.1) is 12.3 Å². The van der Waals surface area contributed by atoms with Crippen molar-refractivity contribution in [1.82, 2.24) is 4.90 Å². The molecular weight excluding hydrogens is 207 g/mol. The van der Waals surface area contributed by atoms with Gasteiger partial charge in [0.1, 0.15) is 5.82 Å². The lowest BCUT2D eigenvalue weighted by Crippen LogP contribution is -2.28. The second-order valence-electron chi connectivity index (χ2n) is 4.28. The van der Waals surface area contributed by atoms with E-state index in [9.17, 15) is 4.39 Å². The molecular formula is C12H17FN2O. The number of benzene rings is 1. The van der Waals surface area contributed by atoms with Crippen LogP contribution in [0.15, 0.2) is 18.2 Å². The van der Waals surface area contributed by atoms with Crippen molar-refractivity contribution in [2.45, 2.75) is 25.4 Å². The number of rotatable bonds is 5. The predicted octanol–water partition coefficient (Wildman–Crippen LogP) is 1.36. The Morgan fingerprint density at radius 1 is 1.44 bits per heavy atom. The molecule has 2 rings (SSSR count). The third-order valence-corrected chi connectivity index (χ3v) is 2.90. The summed E-state index contributed by atoms with van der Waals surface area (Å²) in [5.74, 6) is -0.364. The number of aliphatic hydroxyl groups is 1. The summed E-state index contributed by atoms with van der Waals surface area (Å²) in [5.41, 5.74) is 6.52. The highest BCUT2D eigenvalue weighted by atomic mass is 19.1. The van der Waals surface area contributed by atoms with Gasteiger partial charge in [-0.1, -0.05) is 6.07 Å². The zero-order valence-electron chi connectivity index (χ0n) is 9.19. The van der Waals surface area contributed by atoms with Gasteiger partial charge in [0.25, 0.3) is 0 Å². The Labute approximate surface area is 94.7 Å². The molecule has 0 atom stereocenters. The third-order valence-electron chi connectivity index (χ3n) is 2.90. The zero-order valence-corrected chi connectivity index (χ0v) is 9.19. The smallest absolute Gasteiger partial charge is 0.146 e. The van der Waals surface area contributed by atoms with Crippen LogP contribution in [0.3, 0.4) is 0 Å². The van der Waals surface area contributed by atoms with Crippen LogP contribution in [0.25, 0.3) is 0 Å². The van der Waals surface area contributed by atoms with Crippen LogP contribution in [0.5, 0.6) is 0 Å². The van der Waals surface area contributed by atoms with Crippen LogP contribution >= 0.6 is 0 Å². The average molecular weight is 224 g/mol. The average Bonchev–Trinajstić information content (AvgIpc) is 3.06. The van der Waals surface area contributed by atoms with Crippen LogP contribution in [0.4, 0.5) is 10.1 Å². The number of anilines is 1. The van der Waals surface area contributed by atoms with Gasteiger partial charge in [-0.2, -0.15) is 0 Å². The normalized spacial score (nSPS) is 15.7. The molecule has 0 radical (unpaired) electrons. The molecule has 1 aliphatic carbocycles. The Morgan fingerprint density at radius 2 is 2.19 bits per heavy atom. The second kappa shape index (κ2) is 4.80. The minimum Gasteiger partial charge on any atom is -0.396 e. The van der Waals surface area contributed by atoms with E-state index in [2.05, 4.69) is 4.90 Å². The summed E-state index contributed by atoms with van der Waals surface area (Å²) in [4.78, 5) is 2.19. The molecule has 1 aromatic rings. The standard InChI is InChI=1S/C12H17FN2O/c13-11-7-9(1-4-12(11)14)8-15(5-6-16)10-2-3-10/h1,4,7,10,16H,2-3,5-6,8,14H2. The number of aliphatic hydroxyl groups excluding tert-OH is 1. The van der Waals surface area contributed by atoms with Gasteiger partial charge < -0.3 is 10.8 Å². The molecule has 3 nitrogen and oxygen atoms in total. The van der Waals surface area contributed by atoms with Crippen LogP contribution in [-0.2, 0) is 6.54 Å². The first-order chi connectivity index (χ1) is 7.70. The molecule has 1 aromatic carbocycles. The highest BCUT2D eigenvalue weighted by molar-refractivity contribution is 5.41. The number of hydrogen-bond donors (Lipinski definition) is 2. The molecule has 0 aliphatic heterocycles. The van der Waals surface area contributed by atoms with Crippen LogP contribution in [0, 0.1) is 5.82 Å². The van der Waals surface area contributed by atoms with Gasteiger partial charge in [0.15, 0.2) is 0 Å². The van der Waals surface area contributed by atoms with Gasteiger partial charge >= 0.3 is 0 Å². The zero-order chi connectivity index (χ0) is 11.5. The number of halogens is 1. The van der Waals surface area contributed by atoms with Crippen molar-refractivity contribution in [3.05, 3.63) is 29.6 Å². The topological polar surface area (TPSA) is 49.5 Å². The molecule has 88 valence electrons. The van der Waals surface area contributed by atoms with Crippen molar-refractivity contribution < 1.29 is 9.50 Å². The van der Waals surface area contributed by atoms with Crippen molar-refractivity contribution in [2.75, 3.05) is 18.9 Å². The molecule has 1 aliphatic rings. The molecule has 16 heavy (non-hydrogen) atoms. The first-order valence-electron chi connectivity index (χ1n) is 5.59. The van der Waals surface area contributed by atoms with Crippen molar-refractivity contribution >= 4 is 5.69 Å². The van der Waals surface area contributed by atoms with Crippen LogP contribution < -0.4 is 5.73 Å². The fraction of sp³-hybridized carbons (Fsp3) is 0.500. The third kappa shape index (κ3) is 2.71. The van der Waals surface area contributed by atoms with E-state index in [0.717, 1.165) is 5.56 Å². The summed E-state index contributed by atoms with van der Waals surface area (Å²) < 4.78 is 13.2. The van der Waals surface area contributed by atoms with Gasteiger partial charge in [0.2, 0.25) is 0 Å². The molecule has 4 heteroatoms. The van der Waals surface area contributed by atoms with Gasteiger partial charge in [-0.3, -0.25) is 4.90 Å². The number of nitrogens with two attached hydrogens (primary N) is 1. The van der Waals surface area contributed by atoms with Gasteiger partial charge in [-0.25, -0.2) is 4.39 Å². The Morgan fingerprint density at radius 3 is 2.75 bits per heavy atom. The van der Waals surface area contributed by atoms with E-state index in [0.29, 0.717) is 19.1 Å². The fourth-order valence-electron chi connectivity index (χ4n) is 1.86. The Kier molecular flexibility index (Phi) is 3.41. The van der Waals surface area contributed by atoms with E-state index in [-0.39, 0.29) is 18.1 Å². The van der Waals surface area contributed by atoms with Gasteiger partial charge in [-0.05, 0) is 30.5 Å². The minimum absolute atomic E-state index is 0.147. The van der Waals surface area contributed by atoms with E-state index >= 15 is 0 Å². The monoisotopic (exact) mass is 224 g/mol. The molecule has 0 saturated heterocycles. The minimum atomic E-state index is -0.364. The van der Waals surface area contributed by atoms with E-state index < -0.39 is 0 Å². The lowest BCUT2D eigenvalue weighted by atomic mass is 10.2. The largest absolute Gasteiger partial charge is 0.396 e. The number of nitrogens with zero attached hydrogens (tertiary/aromatic N) is 1. The fourth-order valence-corrected chi connectivity index (χ4v) is 1.86. The van der Waals surface area contributed by atoms with Crippen molar-refractivity contribution in [3.63, 3.8) is 0 Å². The van der Waals surface area contributed by atoms with Crippen molar-refractivity contribution in [1.29, 1.82) is 0 Å². The first kappa shape index (κ1) is 11.4. The maximum atomic E-state index is 13.2. The number of nitrogen functional groups attached to an aromatic ring is 1. The van der Waals surface area contributed by atoms with Gasteiger partial charge in [0, 0.05) is 19.1 Å². The molecule has 0 bridgehead atoms. The summed E-state index contributed by atoms with van der Waals surface area (Å²) >= 11 is 0. The molecule has 1 saturated carbocycles. The van der Waals surface area contributed by atoms with E-state index in [1.54, 1.807) is 6.07 Å². The molecule has 0 unspecified atom stereocenters. The Bertz CT molecular complexity index is 366. The lowest BCUT2D eigenvalue weighted by molar-refractivity contribution is 0.183. The van der Waals surface area contributed by atoms with Crippen LogP contribution in [0.2, 0.25) is 0 Å². The van der Waals surface area contributed by atoms with Gasteiger partial charge in [-0.15, -0.1) is 0 Å².